The summed E-state index contributed by atoms with van der Waals surface area (Å²) in [6.07, 6.45) is 0.729. The zero-order chi connectivity index (χ0) is 17.1. The molecule has 0 atom stereocenters. The summed E-state index contributed by atoms with van der Waals surface area (Å²) in [5.41, 5.74) is 1.03. The number of amides is 1. The average molecular weight is 324 g/mol. The number of carbonyl (C=O) groups excluding carboxylic acids is 1. The molecule has 0 heterocycles. The van der Waals surface area contributed by atoms with E-state index in [2.05, 4.69) is 15.6 Å². The number of likely N-dealkylation sites (N-methyl/N-ethyl adjacent to an activating group) is 1. The fraction of sp³-hybridized carbons (Fsp3) is 0.500. The Labute approximate surface area is 136 Å². The number of hydrogen-bond donors (Lipinski definition) is 2. The van der Waals surface area contributed by atoms with Crippen molar-refractivity contribution in [1.29, 1.82) is 0 Å². The summed E-state index contributed by atoms with van der Waals surface area (Å²) in [4.78, 5) is 17.4. The maximum Gasteiger partial charge on any atom is 0.243 e. The Kier molecular flexibility index (Phi) is 8.67. The summed E-state index contributed by atoms with van der Waals surface area (Å²) in [7, 11) is 5.01. The Balaban J connectivity index is 2.49. The molecule has 0 fully saturated rings. The number of ether oxygens (including phenoxy) is 1. The summed E-state index contributed by atoms with van der Waals surface area (Å²) >= 11 is 0. The van der Waals surface area contributed by atoms with Crippen LogP contribution in [0.15, 0.2) is 29.3 Å². The van der Waals surface area contributed by atoms with E-state index >= 15 is 0 Å². The molecule has 0 aliphatic carbocycles. The van der Waals surface area contributed by atoms with Crippen LogP contribution in [-0.2, 0) is 16.0 Å². The molecule has 6 nitrogen and oxygen atoms in total. The highest BCUT2D eigenvalue weighted by Gasteiger charge is 2.04. The second kappa shape index (κ2) is 10.6. The molecule has 1 aromatic carbocycles. The van der Waals surface area contributed by atoms with Gasteiger partial charge in [-0.05, 0) is 24.1 Å². The van der Waals surface area contributed by atoms with Crippen LogP contribution in [0, 0.1) is 5.82 Å². The minimum Gasteiger partial charge on any atom is -0.383 e. The highest BCUT2D eigenvalue weighted by atomic mass is 19.1. The van der Waals surface area contributed by atoms with Crippen molar-refractivity contribution in [3.05, 3.63) is 35.6 Å². The van der Waals surface area contributed by atoms with Crippen LogP contribution in [0.25, 0.3) is 0 Å². The lowest BCUT2D eigenvalue weighted by Gasteiger charge is -2.13. The summed E-state index contributed by atoms with van der Waals surface area (Å²) in [6.45, 7) is 1.84. The number of benzene rings is 1. The first-order chi connectivity index (χ1) is 11.0. The van der Waals surface area contributed by atoms with Gasteiger partial charge in [-0.3, -0.25) is 4.79 Å². The Morgan fingerprint density at radius 2 is 1.87 bits per heavy atom. The number of nitrogens with zero attached hydrogens (tertiary/aromatic N) is 2. The first-order valence-corrected chi connectivity index (χ1v) is 7.48. The van der Waals surface area contributed by atoms with Gasteiger partial charge in [-0.1, -0.05) is 12.1 Å². The molecule has 2 N–H and O–H groups in total. The van der Waals surface area contributed by atoms with Crippen molar-refractivity contribution >= 4 is 11.9 Å². The highest BCUT2D eigenvalue weighted by molar-refractivity contribution is 5.84. The first-order valence-electron chi connectivity index (χ1n) is 7.48. The molecule has 0 unspecified atom stereocenters. The first kappa shape index (κ1) is 18.9. The molecule has 0 aromatic heterocycles. The highest BCUT2D eigenvalue weighted by Crippen LogP contribution is 2.02. The molecule has 23 heavy (non-hydrogen) atoms. The Bertz CT molecular complexity index is 503. The van der Waals surface area contributed by atoms with E-state index in [1.165, 1.54) is 17.0 Å². The number of guanidine groups is 1. The van der Waals surface area contributed by atoms with E-state index < -0.39 is 0 Å². The molecule has 0 saturated heterocycles. The van der Waals surface area contributed by atoms with Gasteiger partial charge < -0.3 is 20.3 Å². The van der Waals surface area contributed by atoms with Gasteiger partial charge in [0, 0.05) is 34.3 Å². The molecule has 1 rings (SSSR count). The molecule has 0 saturated carbocycles. The van der Waals surface area contributed by atoms with E-state index in [0.29, 0.717) is 25.7 Å². The summed E-state index contributed by atoms with van der Waals surface area (Å²) in [5.74, 6) is 0.239. The van der Waals surface area contributed by atoms with Gasteiger partial charge in [-0.2, -0.15) is 0 Å². The molecule has 0 bridgehead atoms. The minimum absolute atomic E-state index is 0.0728. The van der Waals surface area contributed by atoms with Gasteiger partial charge >= 0.3 is 0 Å². The van der Waals surface area contributed by atoms with E-state index in [1.807, 2.05) is 0 Å². The SMILES string of the molecule is COCCNC(=NCC(=O)N(C)C)NCCc1ccc(F)cc1. The minimum atomic E-state index is -0.243. The van der Waals surface area contributed by atoms with Crippen molar-refractivity contribution in [2.45, 2.75) is 6.42 Å². The molecule has 0 radical (unpaired) electrons. The van der Waals surface area contributed by atoms with E-state index in [-0.39, 0.29) is 18.3 Å². The molecule has 1 amide bonds. The van der Waals surface area contributed by atoms with Gasteiger partial charge in [0.05, 0.1) is 6.61 Å². The smallest absolute Gasteiger partial charge is 0.243 e. The van der Waals surface area contributed by atoms with Crippen LogP contribution in [0.3, 0.4) is 0 Å². The van der Waals surface area contributed by atoms with Crippen LogP contribution in [0.1, 0.15) is 5.56 Å². The zero-order valence-corrected chi connectivity index (χ0v) is 13.9. The van der Waals surface area contributed by atoms with E-state index in [1.54, 1.807) is 33.3 Å². The standard InChI is InChI=1S/C16H25FN4O2/c1-21(2)15(22)12-20-16(19-10-11-23-3)18-9-8-13-4-6-14(17)7-5-13/h4-7H,8-12H2,1-3H3,(H2,18,19,20). The summed E-state index contributed by atoms with van der Waals surface area (Å²) in [6, 6.07) is 6.39. The van der Waals surface area contributed by atoms with Gasteiger partial charge in [0.1, 0.15) is 12.4 Å². The summed E-state index contributed by atoms with van der Waals surface area (Å²) < 4.78 is 17.8. The van der Waals surface area contributed by atoms with Crippen LogP contribution in [-0.4, -0.2) is 64.2 Å². The van der Waals surface area contributed by atoms with Gasteiger partial charge in [0.2, 0.25) is 5.91 Å². The fourth-order valence-electron chi connectivity index (χ4n) is 1.71. The quantitative estimate of drug-likeness (QED) is 0.418. The number of rotatable bonds is 8. The van der Waals surface area contributed by atoms with Crippen LogP contribution < -0.4 is 10.6 Å². The molecule has 128 valence electrons. The molecular formula is C16H25FN4O2. The van der Waals surface area contributed by atoms with Crippen LogP contribution in [0.2, 0.25) is 0 Å². The maximum atomic E-state index is 12.9. The van der Waals surface area contributed by atoms with Crippen molar-refractivity contribution in [3.63, 3.8) is 0 Å². The molecule has 7 heteroatoms. The molecule has 1 aromatic rings. The number of aliphatic imine (C=N–C) groups is 1. The van der Waals surface area contributed by atoms with E-state index in [9.17, 15) is 9.18 Å². The second-order valence-electron chi connectivity index (χ2n) is 5.18. The monoisotopic (exact) mass is 324 g/mol. The topological polar surface area (TPSA) is 66.0 Å². The number of hydrogen-bond acceptors (Lipinski definition) is 3. The van der Waals surface area contributed by atoms with Gasteiger partial charge in [-0.15, -0.1) is 0 Å². The average Bonchev–Trinajstić information content (AvgIpc) is 2.53. The molecule has 0 aliphatic heterocycles. The van der Waals surface area contributed by atoms with Gasteiger partial charge in [-0.25, -0.2) is 9.38 Å². The third-order valence-corrected chi connectivity index (χ3v) is 3.09. The Morgan fingerprint density at radius 3 is 2.48 bits per heavy atom. The zero-order valence-electron chi connectivity index (χ0n) is 13.9. The lowest BCUT2D eigenvalue weighted by Crippen LogP contribution is -2.40. The third-order valence-electron chi connectivity index (χ3n) is 3.09. The van der Waals surface area contributed by atoms with Crippen LogP contribution in [0.5, 0.6) is 0 Å². The van der Waals surface area contributed by atoms with Crippen LogP contribution in [0.4, 0.5) is 4.39 Å². The number of carbonyl (C=O) groups is 1. The molecule has 0 aliphatic rings. The Hall–Kier alpha value is -2.15. The molecular weight excluding hydrogens is 299 g/mol. The number of methoxy groups -OCH3 is 1. The van der Waals surface area contributed by atoms with Crippen molar-refractivity contribution in [2.75, 3.05) is 47.4 Å². The Morgan fingerprint density at radius 1 is 1.22 bits per heavy atom. The van der Waals surface area contributed by atoms with Crippen molar-refractivity contribution in [2.24, 2.45) is 4.99 Å². The largest absolute Gasteiger partial charge is 0.383 e. The van der Waals surface area contributed by atoms with Crippen molar-refractivity contribution < 1.29 is 13.9 Å². The van der Waals surface area contributed by atoms with Crippen molar-refractivity contribution in [1.82, 2.24) is 15.5 Å². The van der Waals surface area contributed by atoms with Gasteiger partial charge in [0.15, 0.2) is 5.96 Å². The number of halogens is 1. The predicted molar refractivity (Wildman–Crippen MR) is 89.0 cm³/mol. The van der Waals surface area contributed by atoms with E-state index in [0.717, 1.165) is 12.0 Å². The normalized spacial score (nSPS) is 11.2. The predicted octanol–water partition coefficient (Wildman–Crippen LogP) is 0.638. The fourth-order valence-corrected chi connectivity index (χ4v) is 1.71. The van der Waals surface area contributed by atoms with Crippen LogP contribution >= 0.6 is 0 Å². The second-order valence-corrected chi connectivity index (χ2v) is 5.18. The van der Waals surface area contributed by atoms with Crippen molar-refractivity contribution in [3.8, 4) is 0 Å². The third kappa shape index (κ3) is 8.15. The lowest BCUT2D eigenvalue weighted by atomic mass is 10.1. The number of nitrogens with one attached hydrogen (secondary N) is 2. The molecule has 0 spiro atoms. The maximum absolute atomic E-state index is 12.9. The van der Waals surface area contributed by atoms with Gasteiger partial charge in [0.25, 0.3) is 0 Å². The lowest BCUT2D eigenvalue weighted by molar-refractivity contribution is -0.127. The van der Waals surface area contributed by atoms with E-state index in [4.69, 9.17) is 4.74 Å². The summed E-state index contributed by atoms with van der Waals surface area (Å²) in [5, 5.41) is 6.25.